The van der Waals surface area contributed by atoms with E-state index in [4.69, 9.17) is 0 Å². The topological polar surface area (TPSA) is 15.9 Å². The molecule has 0 unspecified atom stereocenters. The first-order chi connectivity index (χ1) is 12.4. The first-order valence-electron chi connectivity index (χ1n) is 8.82. The van der Waals surface area contributed by atoms with Gasteiger partial charge in [0.05, 0.1) is 22.2 Å². The van der Waals surface area contributed by atoms with Crippen LogP contribution < -0.4 is 0 Å². The van der Waals surface area contributed by atoms with Crippen molar-refractivity contribution in [3.63, 3.8) is 0 Å². The van der Waals surface area contributed by atoms with Crippen LogP contribution >= 0.6 is 0 Å². The molecule has 3 aliphatic heterocycles. The third-order valence-electron chi connectivity index (χ3n) is 6.07. The summed E-state index contributed by atoms with van der Waals surface area (Å²) in [5.74, 6) is -0.341. The molecule has 0 bridgehead atoms. The molecule has 1 spiro atoms. The van der Waals surface area contributed by atoms with Crippen molar-refractivity contribution in [1.29, 1.82) is 0 Å². The van der Waals surface area contributed by atoms with Gasteiger partial charge >= 0.3 is 5.91 Å². The minimum atomic E-state index is -0.341. The van der Waals surface area contributed by atoms with Gasteiger partial charge in [-0.05, 0) is 24.3 Å². The van der Waals surface area contributed by atoms with Gasteiger partial charge in [0.1, 0.15) is 0 Å². The number of hydrogen-bond acceptors (Lipinski definition) is 0. The van der Waals surface area contributed by atoms with Crippen LogP contribution in [0.25, 0.3) is 21.8 Å². The van der Waals surface area contributed by atoms with Crippen LogP contribution in [-0.2, 0) is 5.91 Å². The quantitative estimate of drug-likeness (QED) is 0.442. The Morgan fingerprint density at radius 3 is 1.72 bits per heavy atom. The lowest BCUT2D eigenvalue weighted by molar-refractivity contribution is -0.806. The molecule has 118 valence electrons. The largest absolute Gasteiger partial charge is 0.541 e. The number of rotatable bonds is 0. The molecule has 1 saturated heterocycles. The maximum atomic E-state index is 2.49. The van der Waals surface area contributed by atoms with Gasteiger partial charge in [-0.1, -0.05) is 24.3 Å². The molecule has 5 heterocycles. The molecule has 4 nitrogen and oxygen atoms in total. The van der Waals surface area contributed by atoms with Crippen molar-refractivity contribution >= 4 is 34.2 Å². The zero-order valence-corrected chi connectivity index (χ0v) is 13.6. The molecule has 0 saturated carbocycles. The van der Waals surface area contributed by atoms with Gasteiger partial charge in [-0.2, -0.15) is 0 Å². The Morgan fingerprint density at radius 1 is 0.680 bits per heavy atom. The monoisotopic (exact) mass is 324 g/mol. The SMILES string of the molecule is C1=[N+]2CC[N+]3=Cc4cccc5ccn(c45)C23n2ccc3cccc1c32. The standard InChI is InChI=1S/C21H16N4/c1-3-15-7-9-24-19(15)17(5-1)13-22-11-12-23-14-18-6-2-4-16-8-10-25(20(16)18)21(22,23)24/h1-10,13-14H,11-12H2/q+2. The van der Waals surface area contributed by atoms with Gasteiger partial charge in [-0.25, -0.2) is 9.13 Å². The number of hydrogen-bond donors (Lipinski definition) is 0. The van der Waals surface area contributed by atoms with Gasteiger partial charge < -0.3 is 0 Å². The Labute approximate surface area is 144 Å². The number of nitrogens with zero attached hydrogens (tertiary/aromatic N) is 4. The molecule has 0 N–H and O–H groups in total. The summed E-state index contributed by atoms with van der Waals surface area (Å²) >= 11 is 0. The predicted octanol–water partition coefficient (Wildman–Crippen LogP) is 2.62. The van der Waals surface area contributed by atoms with Gasteiger partial charge in [0, 0.05) is 23.2 Å². The fourth-order valence-electron chi connectivity index (χ4n) is 5.14. The molecule has 25 heavy (non-hydrogen) atoms. The Kier molecular flexibility index (Phi) is 1.84. The fourth-order valence-corrected chi connectivity index (χ4v) is 5.14. The van der Waals surface area contributed by atoms with Crippen molar-refractivity contribution in [3.8, 4) is 0 Å². The Balaban J connectivity index is 1.73. The highest BCUT2D eigenvalue weighted by atomic mass is 15.6. The van der Waals surface area contributed by atoms with Crippen LogP contribution in [0.2, 0.25) is 0 Å². The molecular weight excluding hydrogens is 308 g/mol. The molecule has 3 aliphatic rings. The fraction of sp³-hybridized carbons (Fsp3) is 0.143. The third kappa shape index (κ3) is 1.16. The molecule has 0 atom stereocenters. The lowest BCUT2D eigenvalue weighted by atomic mass is 10.1. The number of para-hydroxylation sites is 2. The van der Waals surface area contributed by atoms with E-state index >= 15 is 0 Å². The van der Waals surface area contributed by atoms with Crippen LogP contribution in [0, 0.1) is 0 Å². The van der Waals surface area contributed by atoms with Crippen LogP contribution in [0.4, 0.5) is 0 Å². The van der Waals surface area contributed by atoms with E-state index < -0.39 is 0 Å². The van der Waals surface area contributed by atoms with Crippen LogP contribution in [0.3, 0.4) is 0 Å². The summed E-state index contributed by atoms with van der Waals surface area (Å²) in [7, 11) is 0. The smallest absolute Gasteiger partial charge is 0.206 e. The van der Waals surface area contributed by atoms with Crippen molar-refractivity contribution in [2.75, 3.05) is 13.1 Å². The molecule has 4 aromatic rings. The van der Waals surface area contributed by atoms with Gasteiger partial charge in [-0.15, -0.1) is 9.15 Å². The highest BCUT2D eigenvalue weighted by Crippen LogP contribution is 2.40. The van der Waals surface area contributed by atoms with Crippen LogP contribution in [0.15, 0.2) is 60.9 Å². The van der Waals surface area contributed by atoms with E-state index in [0.29, 0.717) is 0 Å². The zero-order valence-electron chi connectivity index (χ0n) is 13.6. The van der Waals surface area contributed by atoms with Crippen molar-refractivity contribution in [1.82, 2.24) is 9.13 Å². The summed E-state index contributed by atoms with van der Waals surface area (Å²) in [6.07, 6.45) is 9.19. The minimum Gasteiger partial charge on any atom is -0.206 e. The molecule has 4 heteroatoms. The Hall–Kier alpha value is -3.14. The summed E-state index contributed by atoms with van der Waals surface area (Å²) in [5.41, 5.74) is 5.25. The maximum Gasteiger partial charge on any atom is 0.541 e. The summed E-state index contributed by atoms with van der Waals surface area (Å²) < 4.78 is 9.88. The summed E-state index contributed by atoms with van der Waals surface area (Å²) in [4.78, 5) is 0. The lowest BCUT2D eigenvalue weighted by Gasteiger charge is -2.29. The summed E-state index contributed by atoms with van der Waals surface area (Å²) in [6, 6.07) is 17.6. The highest BCUT2D eigenvalue weighted by molar-refractivity contribution is 6.00. The Morgan fingerprint density at radius 2 is 1.20 bits per heavy atom. The first kappa shape index (κ1) is 12.3. The van der Waals surface area contributed by atoms with E-state index in [0.717, 1.165) is 13.1 Å². The van der Waals surface area contributed by atoms with Gasteiger partial charge in [0.15, 0.2) is 12.4 Å². The molecule has 0 amide bonds. The van der Waals surface area contributed by atoms with Crippen LogP contribution in [0.1, 0.15) is 11.1 Å². The van der Waals surface area contributed by atoms with Crippen molar-refractivity contribution in [2.24, 2.45) is 0 Å². The van der Waals surface area contributed by atoms with E-state index in [1.807, 2.05) is 0 Å². The average molecular weight is 324 g/mol. The molecular formula is C21H16N4+2. The van der Waals surface area contributed by atoms with Crippen molar-refractivity contribution < 1.29 is 9.15 Å². The molecule has 2 aromatic carbocycles. The van der Waals surface area contributed by atoms with E-state index in [9.17, 15) is 0 Å². The van der Waals surface area contributed by atoms with Crippen molar-refractivity contribution in [2.45, 2.75) is 5.91 Å². The average Bonchev–Trinajstić information content (AvgIpc) is 3.34. The molecule has 7 rings (SSSR count). The van der Waals surface area contributed by atoms with E-state index in [-0.39, 0.29) is 5.91 Å². The third-order valence-corrected chi connectivity index (χ3v) is 6.07. The van der Waals surface area contributed by atoms with E-state index in [1.54, 1.807) is 0 Å². The normalized spacial score (nSPS) is 18.9. The lowest BCUT2D eigenvalue weighted by Crippen LogP contribution is -2.56. The van der Waals surface area contributed by atoms with Crippen molar-refractivity contribution in [3.05, 3.63) is 72.1 Å². The second kappa shape index (κ2) is 3.75. The molecule has 1 fully saturated rings. The van der Waals surface area contributed by atoms with E-state index in [2.05, 4.69) is 91.6 Å². The molecule has 2 aromatic heterocycles. The highest BCUT2D eigenvalue weighted by Gasteiger charge is 2.65. The van der Waals surface area contributed by atoms with Gasteiger partial charge in [0.2, 0.25) is 13.1 Å². The van der Waals surface area contributed by atoms with E-state index in [1.165, 1.54) is 32.9 Å². The second-order valence-corrected chi connectivity index (χ2v) is 7.19. The predicted molar refractivity (Wildman–Crippen MR) is 97.8 cm³/mol. The molecule has 0 radical (unpaired) electrons. The first-order valence-corrected chi connectivity index (χ1v) is 8.82. The van der Waals surface area contributed by atoms with Crippen LogP contribution in [-0.4, -0.2) is 43.8 Å². The maximum absolute atomic E-state index is 2.49. The van der Waals surface area contributed by atoms with Crippen LogP contribution in [0.5, 0.6) is 0 Å². The number of aromatic nitrogens is 2. The second-order valence-electron chi connectivity index (χ2n) is 7.19. The summed E-state index contributed by atoms with van der Waals surface area (Å²) in [5, 5.41) is 2.61. The van der Waals surface area contributed by atoms with Gasteiger partial charge in [0.25, 0.3) is 0 Å². The molecule has 0 aliphatic carbocycles. The zero-order chi connectivity index (χ0) is 16.2. The minimum absolute atomic E-state index is 0.341. The van der Waals surface area contributed by atoms with Gasteiger partial charge in [-0.3, -0.25) is 0 Å². The Bertz CT molecular complexity index is 1200. The summed E-state index contributed by atoms with van der Waals surface area (Å²) in [6.45, 7) is 2.02. The number of benzene rings is 2.